The normalized spacial score (nSPS) is 10.2. The van der Waals surface area contributed by atoms with Crippen LogP contribution in [0.1, 0.15) is 0 Å². The molecule has 5 heteroatoms. The molecule has 16 heavy (non-hydrogen) atoms. The Hall–Kier alpha value is -0.390. The van der Waals surface area contributed by atoms with Crippen LogP contribution >= 0.6 is 47.8 Å². The lowest BCUT2D eigenvalue weighted by Gasteiger charge is -2.09. The summed E-state index contributed by atoms with van der Waals surface area (Å²) in [5.41, 5.74) is 0.984. The Kier molecular flexibility index (Phi) is 4.00. The van der Waals surface area contributed by atoms with Crippen molar-refractivity contribution in [2.75, 3.05) is 5.32 Å². The quantitative estimate of drug-likeness (QED) is 0.749. The zero-order valence-electron chi connectivity index (χ0n) is 8.05. The summed E-state index contributed by atoms with van der Waals surface area (Å²) in [5.74, 6) is 0.787. The van der Waals surface area contributed by atoms with Gasteiger partial charge in [0.2, 0.25) is 0 Å². The van der Waals surface area contributed by atoms with Gasteiger partial charge in [0.05, 0.1) is 10.2 Å². The first-order valence-corrected chi connectivity index (χ1v) is 6.87. The molecule has 1 heterocycles. The number of benzene rings is 1. The van der Waals surface area contributed by atoms with Crippen molar-refractivity contribution >= 4 is 59.3 Å². The van der Waals surface area contributed by atoms with Crippen molar-refractivity contribution in [3.8, 4) is 0 Å². The number of hydrogen-bond donors (Lipinski definition) is 1. The van der Waals surface area contributed by atoms with Gasteiger partial charge in [0.25, 0.3) is 0 Å². The van der Waals surface area contributed by atoms with Crippen LogP contribution < -0.4 is 5.32 Å². The Bertz CT molecular complexity index is 514. The average molecular weight is 407 g/mol. The van der Waals surface area contributed by atoms with Crippen LogP contribution in [0, 0.1) is 0 Å². The lowest BCUT2D eigenvalue weighted by molar-refractivity contribution is 1.27. The molecule has 0 saturated heterocycles. The topological polar surface area (TPSA) is 24.9 Å². The number of pyridine rings is 1. The van der Waals surface area contributed by atoms with Crippen LogP contribution in [-0.4, -0.2) is 4.98 Å². The van der Waals surface area contributed by atoms with Gasteiger partial charge in [-0.15, -0.1) is 0 Å². The molecule has 1 aromatic heterocycles. The molecule has 1 aromatic carbocycles. The predicted octanol–water partition coefficient (Wildman–Crippen LogP) is 5.11. The van der Waals surface area contributed by atoms with E-state index in [9.17, 15) is 0 Å². The molecule has 0 aliphatic heterocycles. The molecule has 0 spiro atoms. The van der Waals surface area contributed by atoms with Gasteiger partial charge >= 0.3 is 0 Å². The lowest BCUT2D eigenvalue weighted by atomic mass is 10.3. The van der Waals surface area contributed by atoms with Crippen LogP contribution in [0.2, 0.25) is 0 Å². The Balaban J connectivity index is 2.31. The first kappa shape index (κ1) is 12.1. The molecule has 0 aliphatic rings. The number of halogens is 3. The summed E-state index contributed by atoms with van der Waals surface area (Å²) in [5, 5.41) is 3.24. The molecular weight excluding hydrogens is 400 g/mol. The van der Waals surface area contributed by atoms with Gasteiger partial charge in [-0.1, -0.05) is 12.1 Å². The van der Waals surface area contributed by atoms with Crippen LogP contribution in [0.3, 0.4) is 0 Å². The van der Waals surface area contributed by atoms with Crippen LogP contribution in [0.5, 0.6) is 0 Å². The van der Waals surface area contributed by atoms with Crippen molar-refractivity contribution in [3.63, 3.8) is 0 Å². The standard InChI is InChI=1S/C11H7Br3N2/c12-7-5-9(14)11(15-6-7)16-10-4-2-1-3-8(10)13/h1-6H,(H,15,16). The molecule has 0 aliphatic carbocycles. The van der Waals surface area contributed by atoms with Crippen molar-refractivity contribution in [3.05, 3.63) is 49.9 Å². The van der Waals surface area contributed by atoms with Gasteiger partial charge in [-0.05, 0) is 66.0 Å². The summed E-state index contributed by atoms with van der Waals surface area (Å²) in [6.45, 7) is 0. The summed E-state index contributed by atoms with van der Waals surface area (Å²) in [4.78, 5) is 4.29. The zero-order chi connectivity index (χ0) is 11.5. The van der Waals surface area contributed by atoms with Gasteiger partial charge < -0.3 is 5.32 Å². The Morgan fingerprint density at radius 3 is 2.44 bits per heavy atom. The van der Waals surface area contributed by atoms with E-state index in [0.29, 0.717) is 0 Å². The molecule has 2 rings (SSSR count). The summed E-state index contributed by atoms with van der Waals surface area (Å²) in [7, 11) is 0. The minimum absolute atomic E-state index is 0.787. The van der Waals surface area contributed by atoms with E-state index in [2.05, 4.69) is 58.1 Å². The molecule has 0 atom stereocenters. The number of anilines is 2. The number of nitrogens with one attached hydrogen (secondary N) is 1. The van der Waals surface area contributed by atoms with Crippen molar-refractivity contribution < 1.29 is 0 Å². The fraction of sp³-hybridized carbons (Fsp3) is 0. The maximum Gasteiger partial charge on any atom is 0.144 e. The second-order valence-electron chi connectivity index (χ2n) is 3.09. The SMILES string of the molecule is Brc1cnc(Nc2ccccc2Br)c(Br)c1. The molecule has 0 radical (unpaired) electrons. The Labute approximate surface area is 119 Å². The first-order chi connectivity index (χ1) is 7.66. The van der Waals surface area contributed by atoms with Crippen molar-refractivity contribution in [2.45, 2.75) is 0 Å². The van der Waals surface area contributed by atoms with Crippen LogP contribution in [0.25, 0.3) is 0 Å². The third-order valence-electron chi connectivity index (χ3n) is 1.93. The third-order valence-corrected chi connectivity index (χ3v) is 3.66. The molecular formula is C11H7Br3N2. The van der Waals surface area contributed by atoms with Crippen molar-refractivity contribution in [1.29, 1.82) is 0 Å². The highest BCUT2D eigenvalue weighted by Crippen LogP contribution is 2.29. The maximum absolute atomic E-state index is 4.29. The molecule has 82 valence electrons. The van der Waals surface area contributed by atoms with Gasteiger partial charge in [0, 0.05) is 15.1 Å². The molecule has 0 fully saturated rings. The summed E-state index contributed by atoms with van der Waals surface area (Å²) < 4.78 is 2.86. The second-order valence-corrected chi connectivity index (χ2v) is 5.71. The number of rotatable bonds is 2. The molecule has 1 N–H and O–H groups in total. The fourth-order valence-electron chi connectivity index (χ4n) is 1.20. The highest BCUT2D eigenvalue weighted by molar-refractivity contribution is 9.11. The first-order valence-electron chi connectivity index (χ1n) is 4.49. The minimum Gasteiger partial charge on any atom is -0.338 e. The monoisotopic (exact) mass is 404 g/mol. The number of para-hydroxylation sites is 1. The van der Waals surface area contributed by atoms with E-state index in [1.807, 2.05) is 30.3 Å². The van der Waals surface area contributed by atoms with E-state index in [4.69, 9.17) is 0 Å². The lowest BCUT2D eigenvalue weighted by Crippen LogP contribution is -1.95. The van der Waals surface area contributed by atoms with Crippen LogP contribution in [0.4, 0.5) is 11.5 Å². The predicted molar refractivity (Wildman–Crippen MR) is 77.1 cm³/mol. The Morgan fingerprint density at radius 2 is 1.75 bits per heavy atom. The van der Waals surface area contributed by atoms with E-state index in [1.165, 1.54) is 0 Å². The summed E-state index contributed by atoms with van der Waals surface area (Å²) in [6, 6.07) is 9.86. The van der Waals surface area contributed by atoms with Gasteiger partial charge in [0.1, 0.15) is 5.82 Å². The fourth-order valence-corrected chi connectivity index (χ4v) is 2.67. The highest BCUT2D eigenvalue weighted by atomic mass is 79.9. The Morgan fingerprint density at radius 1 is 1.00 bits per heavy atom. The van der Waals surface area contributed by atoms with Crippen LogP contribution in [-0.2, 0) is 0 Å². The van der Waals surface area contributed by atoms with Gasteiger partial charge in [-0.3, -0.25) is 0 Å². The van der Waals surface area contributed by atoms with E-state index >= 15 is 0 Å². The van der Waals surface area contributed by atoms with Crippen molar-refractivity contribution in [1.82, 2.24) is 4.98 Å². The molecule has 0 saturated carbocycles. The number of aromatic nitrogens is 1. The van der Waals surface area contributed by atoms with Crippen molar-refractivity contribution in [2.24, 2.45) is 0 Å². The molecule has 0 bridgehead atoms. The minimum atomic E-state index is 0.787. The second kappa shape index (κ2) is 5.29. The van der Waals surface area contributed by atoms with E-state index in [1.54, 1.807) is 6.20 Å². The van der Waals surface area contributed by atoms with Gasteiger partial charge in [-0.25, -0.2) is 4.98 Å². The number of hydrogen-bond acceptors (Lipinski definition) is 2. The zero-order valence-corrected chi connectivity index (χ0v) is 12.8. The smallest absolute Gasteiger partial charge is 0.144 e. The van der Waals surface area contributed by atoms with Gasteiger partial charge in [0.15, 0.2) is 0 Å². The molecule has 0 unspecified atom stereocenters. The van der Waals surface area contributed by atoms with Crippen LogP contribution in [0.15, 0.2) is 49.9 Å². The highest BCUT2D eigenvalue weighted by Gasteiger charge is 2.04. The van der Waals surface area contributed by atoms with E-state index < -0.39 is 0 Å². The largest absolute Gasteiger partial charge is 0.338 e. The van der Waals surface area contributed by atoms with Gasteiger partial charge in [-0.2, -0.15) is 0 Å². The molecule has 2 aromatic rings. The molecule has 2 nitrogen and oxygen atoms in total. The molecule has 0 amide bonds. The third kappa shape index (κ3) is 2.84. The average Bonchev–Trinajstić information content (AvgIpc) is 2.25. The summed E-state index contributed by atoms with van der Waals surface area (Å²) >= 11 is 10.3. The summed E-state index contributed by atoms with van der Waals surface area (Å²) in [6.07, 6.45) is 1.75. The van der Waals surface area contributed by atoms with E-state index in [0.717, 1.165) is 24.9 Å². The maximum atomic E-state index is 4.29. The van der Waals surface area contributed by atoms with E-state index in [-0.39, 0.29) is 0 Å². The number of nitrogens with zero attached hydrogens (tertiary/aromatic N) is 1.